The van der Waals surface area contributed by atoms with Crippen molar-refractivity contribution in [1.29, 1.82) is 0 Å². The highest BCUT2D eigenvalue weighted by Crippen LogP contribution is 2.64. The van der Waals surface area contributed by atoms with Gasteiger partial charge in [-0.1, -0.05) is 33.6 Å². The third-order valence-electron chi connectivity index (χ3n) is 5.16. The van der Waals surface area contributed by atoms with Crippen LogP contribution in [0, 0.1) is 23.2 Å². The molecule has 1 N–H and O–H groups in total. The summed E-state index contributed by atoms with van der Waals surface area (Å²) in [5, 5.41) is 3.60. The fourth-order valence-corrected chi connectivity index (χ4v) is 3.79. The fourth-order valence-electron chi connectivity index (χ4n) is 3.79. The van der Waals surface area contributed by atoms with Crippen molar-refractivity contribution < 1.29 is 0 Å². The van der Waals surface area contributed by atoms with Gasteiger partial charge in [-0.2, -0.15) is 0 Å². The molecule has 88 valence electrons. The van der Waals surface area contributed by atoms with Crippen LogP contribution in [0.1, 0.15) is 52.9 Å². The Morgan fingerprint density at radius 2 is 2.13 bits per heavy atom. The highest BCUT2D eigenvalue weighted by molar-refractivity contribution is 5.08. The predicted molar refractivity (Wildman–Crippen MR) is 65.9 cm³/mol. The second-order valence-electron chi connectivity index (χ2n) is 6.00. The molecule has 4 atom stereocenters. The highest BCUT2D eigenvalue weighted by atomic mass is 14.9. The molecule has 1 nitrogen and oxygen atoms in total. The zero-order chi connectivity index (χ0) is 10.9. The second kappa shape index (κ2) is 4.45. The lowest BCUT2D eigenvalue weighted by atomic mass is 9.70. The molecule has 0 aromatic carbocycles. The van der Waals surface area contributed by atoms with E-state index in [1.165, 1.54) is 45.2 Å². The van der Waals surface area contributed by atoms with E-state index in [1.807, 2.05) is 0 Å². The molecule has 0 radical (unpaired) electrons. The van der Waals surface area contributed by atoms with E-state index in [-0.39, 0.29) is 0 Å². The van der Waals surface area contributed by atoms with Crippen LogP contribution in [0.2, 0.25) is 0 Å². The van der Waals surface area contributed by atoms with Gasteiger partial charge < -0.3 is 5.32 Å². The van der Waals surface area contributed by atoms with Crippen LogP contribution in [0.4, 0.5) is 0 Å². The summed E-state index contributed by atoms with van der Waals surface area (Å²) in [6.45, 7) is 9.70. The first-order valence-electron chi connectivity index (χ1n) is 6.91. The molecule has 0 aromatic rings. The van der Waals surface area contributed by atoms with Gasteiger partial charge in [0.1, 0.15) is 0 Å². The Balaban J connectivity index is 1.82. The van der Waals surface area contributed by atoms with E-state index in [1.54, 1.807) is 0 Å². The van der Waals surface area contributed by atoms with E-state index < -0.39 is 0 Å². The van der Waals surface area contributed by atoms with Crippen molar-refractivity contribution in [3.63, 3.8) is 0 Å². The molecule has 15 heavy (non-hydrogen) atoms. The number of nitrogens with one attached hydrogen (secondary N) is 1. The minimum atomic E-state index is 0.762. The van der Waals surface area contributed by atoms with Gasteiger partial charge in [-0.3, -0.25) is 0 Å². The van der Waals surface area contributed by atoms with Gasteiger partial charge in [0.05, 0.1) is 0 Å². The fraction of sp³-hybridized carbons (Fsp3) is 1.00. The Kier molecular flexibility index (Phi) is 3.39. The number of rotatable bonds is 4. The molecular formula is C14H27N. The zero-order valence-corrected chi connectivity index (χ0v) is 10.7. The largest absolute Gasteiger partial charge is 0.316 e. The molecule has 2 rings (SSSR count). The average Bonchev–Trinajstić information content (AvgIpc) is 2.90. The topological polar surface area (TPSA) is 12.0 Å². The van der Waals surface area contributed by atoms with Crippen LogP contribution in [0.25, 0.3) is 0 Å². The average molecular weight is 209 g/mol. The normalized spacial score (nSPS) is 44.6. The molecule has 4 unspecified atom stereocenters. The van der Waals surface area contributed by atoms with Crippen molar-refractivity contribution >= 4 is 0 Å². The van der Waals surface area contributed by atoms with E-state index in [0.29, 0.717) is 0 Å². The van der Waals surface area contributed by atoms with E-state index >= 15 is 0 Å². The van der Waals surface area contributed by atoms with Gasteiger partial charge in [-0.25, -0.2) is 0 Å². The smallest absolute Gasteiger partial charge is 0.00149 e. The maximum absolute atomic E-state index is 3.60. The van der Waals surface area contributed by atoms with Crippen molar-refractivity contribution in [2.24, 2.45) is 23.2 Å². The standard InChI is InChI=1S/C14H27N/c1-4-8-15-10-13-9-14(13)7-5-6-11(2)12(14)3/h11-13,15H,4-10H2,1-3H3. The van der Waals surface area contributed by atoms with Crippen molar-refractivity contribution in [2.75, 3.05) is 13.1 Å². The first-order valence-corrected chi connectivity index (χ1v) is 6.91. The first kappa shape index (κ1) is 11.4. The summed E-state index contributed by atoms with van der Waals surface area (Å²) in [4.78, 5) is 0. The molecule has 0 aromatic heterocycles. The van der Waals surface area contributed by atoms with Gasteiger partial charge in [0, 0.05) is 0 Å². The molecule has 2 aliphatic rings. The summed E-state index contributed by atoms with van der Waals surface area (Å²) in [6, 6.07) is 0. The summed E-state index contributed by atoms with van der Waals surface area (Å²) >= 11 is 0. The van der Waals surface area contributed by atoms with E-state index in [0.717, 1.165) is 23.2 Å². The van der Waals surface area contributed by atoms with Gasteiger partial charge in [-0.05, 0) is 55.5 Å². The quantitative estimate of drug-likeness (QED) is 0.699. The Hall–Kier alpha value is -0.0400. The predicted octanol–water partition coefficient (Wildman–Crippen LogP) is 3.45. The summed E-state index contributed by atoms with van der Waals surface area (Å²) in [5.74, 6) is 2.94. The molecule has 2 saturated carbocycles. The SMILES string of the molecule is CCCNCC1CC12CCCC(C)C2C. The molecule has 2 aliphatic carbocycles. The molecule has 0 aliphatic heterocycles. The highest BCUT2D eigenvalue weighted by Gasteiger charge is 2.58. The molecule has 1 heteroatoms. The van der Waals surface area contributed by atoms with Gasteiger partial charge in [0.2, 0.25) is 0 Å². The Bertz CT molecular complexity index is 213. The summed E-state index contributed by atoms with van der Waals surface area (Å²) in [7, 11) is 0. The molecule has 0 bridgehead atoms. The van der Waals surface area contributed by atoms with Crippen LogP contribution in [-0.2, 0) is 0 Å². The number of hydrogen-bond donors (Lipinski definition) is 1. The second-order valence-corrected chi connectivity index (χ2v) is 6.00. The van der Waals surface area contributed by atoms with Gasteiger partial charge in [0.25, 0.3) is 0 Å². The lowest BCUT2D eigenvalue weighted by Crippen LogP contribution is -2.30. The van der Waals surface area contributed by atoms with E-state index in [4.69, 9.17) is 0 Å². The Labute approximate surface area is 95.0 Å². The Morgan fingerprint density at radius 3 is 2.87 bits per heavy atom. The third kappa shape index (κ3) is 2.08. The monoisotopic (exact) mass is 209 g/mol. The molecular weight excluding hydrogens is 182 g/mol. The van der Waals surface area contributed by atoms with Crippen LogP contribution in [0.5, 0.6) is 0 Å². The number of hydrogen-bond acceptors (Lipinski definition) is 1. The Morgan fingerprint density at radius 1 is 1.33 bits per heavy atom. The van der Waals surface area contributed by atoms with Crippen LogP contribution in [0.3, 0.4) is 0 Å². The lowest BCUT2D eigenvalue weighted by molar-refractivity contribution is 0.144. The summed E-state index contributed by atoms with van der Waals surface area (Å²) in [6.07, 6.45) is 7.24. The molecule has 0 saturated heterocycles. The van der Waals surface area contributed by atoms with Gasteiger partial charge in [0.15, 0.2) is 0 Å². The van der Waals surface area contributed by atoms with Crippen LogP contribution < -0.4 is 5.32 Å². The van der Waals surface area contributed by atoms with Crippen LogP contribution >= 0.6 is 0 Å². The molecule has 2 fully saturated rings. The van der Waals surface area contributed by atoms with Crippen molar-refractivity contribution in [2.45, 2.75) is 52.9 Å². The van der Waals surface area contributed by atoms with E-state index in [2.05, 4.69) is 26.1 Å². The minimum Gasteiger partial charge on any atom is -0.316 e. The summed E-state index contributed by atoms with van der Waals surface area (Å²) < 4.78 is 0. The lowest BCUT2D eigenvalue weighted by Gasteiger charge is -2.35. The van der Waals surface area contributed by atoms with Crippen molar-refractivity contribution in [1.82, 2.24) is 5.32 Å². The molecule has 1 spiro atoms. The minimum absolute atomic E-state index is 0.762. The molecule has 0 amide bonds. The van der Waals surface area contributed by atoms with Crippen LogP contribution in [-0.4, -0.2) is 13.1 Å². The van der Waals surface area contributed by atoms with Crippen LogP contribution in [0.15, 0.2) is 0 Å². The maximum atomic E-state index is 3.60. The zero-order valence-electron chi connectivity index (χ0n) is 10.7. The first-order chi connectivity index (χ1) is 7.20. The molecule has 0 heterocycles. The third-order valence-corrected chi connectivity index (χ3v) is 5.16. The maximum Gasteiger partial charge on any atom is -0.00149 e. The van der Waals surface area contributed by atoms with Crippen molar-refractivity contribution in [3.8, 4) is 0 Å². The summed E-state index contributed by atoms with van der Waals surface area (Å²) in [5.41, 5.74) is 0.762. The van der Waals surface area contributed by atoms with Gasteiger partial charge >= 0.3 is 0 Å². The van der Waals surface area contributed by atoms with E-state index in [9.17, 15) is 0 Å². The van der Waals surface area contributed by atoms with Crippen molar-refractivity contribution in [3.05, 3.63) is 0 Å². The van der Waals surface area contributed by atoms with Gasteiger partial charge in [-0.15, -0.1) is 0 Å².